The van der Waals surface area contributed by atoms with Gasteiger partial charge in [0.1, 0.15) is 0 Å². The lowest BCUT2D eigenvalue weighted by Crippen LogP contribution is -2.58. The zero-order chi connectivity index (χ0) is 14.7. The molecule has 0 aliphatic rings. The van der Waals surface area contributed by atoms with Crippen molar-refractivity contribution in [3.05, 3.63) is 30.1 Å². The van der Waals surface area contributed by atoms with Gasteiger partial charge in [-0.25, -0.2) is 13.1 Å². The van der Waals surface area contributed by atoms with Crippen LogP contribution >= 0.6 is 0 Å². The van der Waals surface area contributed by atoms with Gasteiger partial charge < -0.3 is 5.11 Å². The molecule has 0 saturated heterocycles. The average molecular weight is 286 g/mol. The van der Waals surface area contributed by atoms with Crippen LogP contribution in [0.2, 0.25) is 0 Å². The van der Waals surface area contributed by atoms with E-state index in [-0.39, 0.29) is 5.75 Å². The fourth-order valence-electron chi connectivity index (χ4n) is 1.37. The number of aliphatic hydroxyl groups is 1. The van der Waals surface area contributed by atoms with Crippen LogP contribution in [0.4, 0.5) is 0 Å². The number of aromatic nitrogens is 1. The molecule has 19 heavy (non-hydrogen) atoms. The van der Waals surface area contributed by atoms with Gasteiger partial charge in [-0.05, 0) is 51.8 Å². The molecule has 5 nitrogen and oxygen atoms in total. The molecule has 108 valence electrons. The van der Waals surface area contributed by atoms with Crippen LogP contribution in [-0.4, -0.2) is 35.4 Å². The van der Waals surface area contributed by atoms with E-state index >= 15 is 0 Å². The largest absolute Gasteiger partial charge is 0.389 e. The minimum atomic E-state index is -3.45. The zero-order valence-electron chi connectivity index (χ0n) is 11.8. The predicted molar refractivity (Wildman–Crippen MR) is 75.2 cm³/mol. The van der Waals surface area contributed by atoms with Gasteiger partial charge in [0.15, 0.2) is 0 Å². The number of sulfonamides is 1. The van der Waals surface area contributed by atoms with Gasteiger partial charge in [-0.15, -0.1) is 0 Å². The summed E-state index contributed by atoms with van der Waals surface area (Å²) in [7, 11) is -3.45. The van der Waals surface area contributed by atoms with Crippen LogP contribution in [0.5, 0.6) is 0 Å². The van der Waals surface area contributed by atoms with Gasteiger partial charge in [0.25, 0.3) is 0 Å². The van der Waals surface area contributed by atoms with Crippen molar-refractivity contribution >= 4 is 10.0 Å². The van der Waals surface area contributed by atoms with Crippen molar-refractivity contribution in [2.24, 2.45) is 0 Å². The standard InChI is InChI=1S/C13H22N2O3S/c1-12(2,13(3,4)16)15-19(17,18)10-7-11-5-8-14-9-6-11/h5-6,8-9,15-16H,7,10H2,1-4H3. The maximum atomic E-state index is 12.0. The molecule has 6 heteroatoms. The Morgan fingerprint density at radius 3 is 2.21 bits per heavy atom. The van der Waals surface area contributed by atoms with Crippen molar-refractivity contribution in [1.82, 2.24) is 9.71 Å². The Morgan fingerprint density at radius 2 is 1.74 bits per heavy atom. The van der Waals surface area contributed by atoms with Gasteiger partial charge >= 0.3 is 0 Å². The maximum absolute atomic E-state index is 12.0. The highest BCUT2D eigenvalue weighted by atomic mass is 32.2. The third-order valence-corrected chi connectivity index (χ3v) is 4.91. The van der Waals surface area contributed by atoms with Gasteiger partial charge in [0, 0.05) is 12.4 Å². The molecular weight excluding hydrogens is 264 g/mol. The molecule has 0 aromatic carbocycles. The summed E-state index contributed by atoms with van der Waals surface area (Å²) in [5.74, 6) is -0.0173. The molecule has 1 aromatic heterocycles. The van der Waals surface area contributed by atoms with E-state index in [0.29, 0.717) is 6.42 Å². The van der Waals surface area contributed by atoms with Gasteiger partial charge in [-0.2, -0.15) is 0 Å². The molecule has 0 atom stereocenters. The van der Waals surface area contributed by atoms with E-state index in [4.69, 9.17) is 0 Å². The van der Waals surface area contributed by atoms with E-state index < -0.39 is 21.2 Å². The van der Waals surface area contributed by atoms with Crippen molar-refractivity contribution in [1.29, 1.82) is 0 Å². The van der Waals surface area contributed by atoms with Crippen LogP contribution in [-0.2, 0) is 16.4 Å². The van der Waals surface area contributed by atoms with E-state index in [1.165, 1.54) is 0 Å². The van der Waals surface area contributed by atoms with Crippen LogP contribution in [0.1, 0.15) is 33.3 Å². The number of pyridine rings is 1. The first kappa shape index (κ1) is 16.1. The third-order valence-electron chi connectivity index (χ3n) is 3.35. The number of hydrogen-bond acceptors (Lipinski definition) is 4. The molecule has 0 fully saturated rings. The lowest BCUT2D eigenvalue weighted by atomic mass is 9.87. The molecule has 0 amide bonds. The second-order valence-electron chi connectivity index (χ2n) is 5.71. The molecule has 0 aliphatic heterocycles. The Balaban J connectivity index is 2.68. The van der Waals surface area contributed by atoms with Gasteiger partial charge in [-0.1, -0.05) is 0 Å². The SMILES string of the molecule is CC(C)(O)C(C)(C)NS(=O)(=O)CCc1ccncc1. The normalized spacial score (nSPS) is 13.5. The second kappa shape index (κ2) is 5.56. The van der Waals surface area contributed by atoms with Crippen LogP contribution in [0.15, 0.2) is 24.5 Å². The quantitative estimate of drug-likeness (QED) is 0.820. The number of hydrogen-bond donors (Lipinski definition) is 2. The molecular formula is C13H22N2O3S. The molecule has 1 aromatic rings. The second-order valence-corrected chi connectivity index (χ2v) is 7.55. The molecule has 0 aliphatic carbocycles. The first-order valence-corrected chi connectivity index (χ1v) is 7.82. The van der Waals surface area contributed by atoms with E-state index in [9.17, 15) is 13.5 Å². The van der Waals surface area contributed by atoms with E-state index in [0.717, 1.165) is 5.56 Å². The highest BCUT2D eigenvalue weighted by Crippen LogP contribution is 2.21. The summed E-state index contributed by atoms with van der Waals surface area (Å²) in [4.78, 5) is 3.88. The van der Waals surface area contributed by atoms with Crippen molar-refractivity contribution < 1.29 is 13.5 Å². The van der Waals surface area contributed by atoms with Crippen LogP contribution in [0, 0.1) is 0 Å². The molecule has 0 saturated carbocycles. The molecule has 1 heterocycles. The number of rotatable bonds is 6. The summed E-state index contributed by atoms with van der Waals surface area (Å²) in [5, 5.41) is 9.96. The van der Waals surface area contributed by atoms with Crippen LogP contribution in [0.25, 0.3) is 0 Å². The van der Waals surface area contributed by atoms with Crippen molar-refractivity contribution in [2.45, 2.75) is 45.3 Å². The van der Waals surface area contributed by atoms with Gasteiger partial charge in [0.05, 0.1) is 16.9 Å². The van der Waals surface area contributed by atoms with Crippen LogP contribution in [0.3, 0.4) is 0 Å². The van der Waals surface area contributed by atoms with Crippen molar-refractivity contribution in [2.75, 3.05) is 5.75 Å². The minimum Gasteiger partial charge on any atom is -0.389 e. The monoisotopic (exact) mass is 286 g/mol. The summed E-state index contributed by atoms with van der Waals surface area (Å²) in [6, 6.07) is 3.58. The summed E-state index contributed by atoms with van der Waals surface area (Å²) >= 11 is 0. The Labute approximate surface area is 115 Å². The summed E-state index contributed by atoms with van der Waals surface area (Å²) in [6.07, 6.45) is 3.69. The van der Waals surface area contributed by atoms with E-state index in [1.807, 2.05) is 0 Å². The first-order valence-electron chi connectivity index (χ1n) is 6.16. The van der Waals surface area contributed by atoms with Crippen molar-refractivity contribution in [3.8, 4) is 0 Å². The van der Waals surface area contributed by atoms with Crippen LogP contribution < -0.4 is 4.72 Å². The molecule has 0 unspecified atom stereocenters. The molecule has 0 bridgehead atoms. The highest BCUT2D eigenvalue weighted by molar-refractivity contribution is 7.89. The summed E-state index contributed by atoms with van der Waals surface area (Å²) < 4.78 is 26.6. The summed E-state index contributed by atoms with van der Waals surface area (Å²) in [6.45, 7) is 6.49. The number of nitrogens with one attached hydrogen (secondary N) is 1. The topological polar surface area (TPSA) is 79.3 Å². The molecule has 2 N–H and O–H groups in total. The summed E-state index contributed by atoms with van der Waals surface area (Å²) in [5.41, 5.74) is -1.15. The lowest BCUT2D eigenvalue weighted by molar-refractivity contribution is 0.00639. The Bertz CT molecular complexity index is 504. The van der Waals surface area contributed by atoms with Gasteiger partial charge in [-0.3, -0.25) is 4.98 Å². The Hall–Kier alpha value is -0.980. The van der Waals surface area contributed by atoms with Crippen molar-refractivity contribution in [3.63, 3.8) is 0 Å². The number of aryl methyl sites for hydroxylation is 1. The predicted octanol–water partition coefficient (Wildman–Crippen LogP) is 1.09. The Morgan fingerprint density at radius 1 is 1.21 bits per heavy atom. The fraction of sp³-hybridized carbons (Fsp3) is 0.615. The van der Waals surface area contributed by atoms with E-state index in [2.05, 4.69) is 9.71 Å². The first-order chi connectivity index (χ1) is 8.54. The number of nitrogens with zero attached hydrogens (tertiary/aromatic N) is 1. The Kier molecular flexibility index (Phi) is 4.71. The maximum Gasteiger partial charge on any atom is 0.212 e. The molecule has 0 spiro atoms. The third kappa shape index (κ3) is 4.89. The highest BCUT2D eigenvalue weighted by Gasteiger charge is 2.38. The lowest BCUT2D eigenvalue weighted by Gasteiger charge is -2.37. The van der Waals surface area contributed by atoms with Gasteiger partial charge in [0.2, 0.25) is 10.0 Å². The molecule has 0 radical (unpaired) electrons. The van der Waals surface area contributed by atoms with E-state index in [1.54, 1.807) is 52.2 Å². The average Bonchev–Trinajstić information content (AvgIpc) is 2.25. The smallest absolute Gasteiger partial charge is 0.212 e. The minimum absolute atomic E-state index is 0.0173. The fourth-order valence-corrected chi connectivity index (χ4v) is 3.00. The zero-order valence-corrected chi connectivity index (χ0v) is 12.7. The molecule has 1 rings (SSSR count).